The summed E-state index contributed by atoms with van der Waals surface area (Å²) in [4.78, 5) is 11.4. The minimum atomic E-state index is -0.0238. The summed E-state index contributed by atoms with van der Waals surface area (Å²) in [5, 5.41) is 2.84. The molecule has 0 aromatic heterocycles. The number of unbranched alkanes of at least 4 members (excludes halogenated alkanes) is 2. The first-order chi connectivity index (χ1) is 9.66. The Morgan fingerprint density at radius 2 is 1.50 bits per heavy atom. The van der Waals surface area contributed by atoms with Gasteiger partial charge in [0.25, 0.3) is 0 Å². The van der Waals surface area contributed by atoms with E-state index in [-0.39, 0.29) is 5.91 Å². The van der Waals surface area contributed by atoms with Gasteiger partial charge in [-0.15, -0.1) is 0 Å². The van der Waals surface area contributed by atoms with E-state index in [4.69, 9.17) is 0 Å². The molecule has 0 fully saturated rings. The summed E-state index contributed by atoms with van der Waals surface area (Å²) >= 11 is 0. The van der Waals surface area contributed by atoms with Crippen molar-refractivity contribution < 1.29 is 4.79 Å². The number of amides is 1. The van der Waals surface area contributed by atoms with Crippen LogP contribution in [-0.2, 0) is 4.79 Å². The third-order valence-corrected chi connectivity index (χ3v) is 2.52. The van der Waals surface area contributed by atoms with Crippen LogP contribution < -0.4 is 5.32 Å². The molecule has 0 saturated heterocycles. The number of nitrogens with one attached hydrogen (secondary N) is 1. The molecule has 1 amide bonds. The van der Waals surface area contributed by atoms with Gasteiger partial charge in [0, 0.05) is 12.6 Å². The van der Waals surface area contributed by atoms with E-state index in [1.54, 1.807) is 12.2 Å². The molecule has 0 aliphatic heterocycles. The maximum absolute atomic E-state index is 11.4. The number of allylic oxidation sites excluding steroid dienone is 7. The molecule has 0 aliphatic rings. The number of carbonyl (C=O) groups is 1. The molecule has 0 radical (unpaired) electrons. The van der Waals surface area contributed by atoms with E-state index in [0.29, 0.717) is 5.92 Å². The molecule has 0 aromatic carbocycles. The number of hydrogen-bond donors (Lipinski definition) is 1. The topological polar surface area (TPSA) is 29.1 Å². The fourth-order valence-corrected chi connectivity index (χ4v) is 1.39. The van der Waals surface area contributed by atoms with Crippen molar-refractivity contribution in [1.82, 2.24) is 5.32 Å². The average molecular weight is 275 g/mol. The molecule has 0 aliphatic carbocycles. The van der Waals surface area contributed by atoms with E-state index in [1.807, 2.05) is 6.08 Å². The van der Waals surface area contributed by atoms with Crippen LogP contribution in [0.15, 0.2) is 48.6 Å². The third kappa shape index (κ3) is 14.5. The summed E-state index contributed by atoms with van der Waals surface area (Å²) in [6, 6.07) is 0. The van der Waals surface area contributed by atoms with E-state index in [0.717, 1.165) is 25.8 Å². The number of rotatable bonds is 10. The molecule has 1 N–H and O–H groups in total. The second-order valence-electron chi connectivity index (χ2n) is 5.15. The summed E-state index contributed by atoms with van der Waals surface area (Å²) in [6.45, 7) is 7.06. The van der Waals surface area contributed by atoms with Crippen molar-refractivity contribution in [3.8, 4) is 0 Å². The fourth-order valence-electron chi connectivity index (χ4n) is 1.39. The fraction of sp³-hybridized carbons (Fsp3) is 0.500. The zero-order valence-corrected chi connectivity index (χ0v) is 13.1. The quantitative estimate of drug-likeness (QED) is 0.353. The van der Waals surface area contributed by atoms with Gasteiger partial charge >= 0.3 is 0 Å². The van der Waals surface area contributed by atoms with Crippen molar-refractivity contribution in [2.75, 3.05) is 6.54 Å². The van der Waals surface area contributed by atoms with Gasteiger partial charge in [0.05, 0.1) is 0 Å². The second-order valence-corrected chi connectivity index (χ2v) is 5.15. The van der Waals surface area contributed by atoms with E-state index in [1.165, 1.54) is 6.42 Å². The van der Waals surface area contributed by atoms with E-state index < -0.39 is 0 Å². The molecule has 0 saturated carbocycles. The van der Waals surface area contributed by atoms with Crippen molar-refractivity contribution in [1.29, 1.82) is 0 Å². The van der Waals surface area contributed by atoms with Gasteiger partial charge in [-0.3, -0.25) is 4.79 Å². The van der Waals surface area contributed by atoms with Crippen molar-refractivity contribution in [2.24, 2.45) is 5.92 Å². The zero-order valence-electron chi connectivity index (χ0n) is 13.1. The molecular weight excluding hydrogens is 246 g/mol. The molecule has 0 atom stereocenters. The number of hydrogen-bond acceptors (Lipinski definition) is 1. The minimum Gasteiger partial charge on any atom is -0.352 e. The molecule has 2 nitrogen and oxygen atoms in total. The van der Waals surface area contributed by atoms with Gasteiger partial charge in [0.1, 0.15) is 0 Å². The molecule has 112 valence electrons. The Kier molecular flexibility index (Phi) is 12.8. The van der Waals surface area contributed by atoms with Gasteiger partial charge in [-0.2, -0.15) is 0 Å². The lowest BCUT2D eigenvalue weighted by atomic mass is 10.2. The first-order valence-corrected chi connectivity index (χ1v) is 7.59. The van der Waals surface area contributed by atoms with Crippen LogP contribution in [0.3, 0.4) is 0 Å². The highest BCUT2D eigenvalue weighted by molar-refractivity contribution is 5.87. The molecular formula is C18H29NO. The van der Waals surface area contributed by atoms with Crippen LogP contribution in [0.2, 0.25) is 0 Å². The van der Waals surface area contributed by atoms with Crippen LogP contribution >= 0.6 is 0 Å². The summed E-state index contributed by atoms with van der Waals surface area (Å²) in [5.74, 6) is 0.463. The van der Waals surface area contributed by atoms with Gasteiger partial charge in [-0.1, -0.05) is 69.7 Å². The Bertz CT molecular complexity index is 348. The Morgan fingerprint density at radius 3 is 2.05 bits per heavy atom. The Labute approximate surface area is 124 Å². The third-order valence-electron chi connectivity index (χ3n) is 2.52. The molecule has 2 heteroatoms. The highest BCUT2D eigenvalue weighted by Gasteiger charge is 1.95. The first kappa shape index (κ1) is 18.4. The van der Waals surface area contributed by atoms with Gasteiger partial charge in [-0.05, 0) is 25.2 Å². The van der Waals surface area contributed by atoms with Gasteiger partial charge in [0.2, 0.25) is 5.91 Å². The summed E-state index contributed by atoms with van der Waals surface area (Å²) in [6.07, 6.45) is 20.3. The lowest BCUT2D eigenvalue weighted by molar-refractivity contribution is -0.116. The van der Waals surface area contributed by atoms with Crippen molar-refractivity contribution >= 4 is 5.91 Å². The predicted octanol–water partition coefficient (Wildman–Crippen LogP) is 4.56. The SMILES string of the molecule is CCC/C=C\C=C/CC/C=C/C=C/C(=O)NCC(C)C. The summed E-state index contributed by atoms with van der Waals surface area (Å²) in [7, 11) is 0. The van der Waals surface area contributed by atoms with Crippen molar-refractivity contribution in [2.45, 2.75) is 46.5 Å². The van der Waals surface area contributed by atoms with E-state index in [9.17, 15) is 4.79 Å². The zero-order chi connectivity index (χ0) is 15.1. The van der Waals surface area contributed by atoms with E-state index in [2.05, 4.69) is 56.5 Å². The summed E-state index contributed by atoms with van der Waals surface area (Å²) < 4.78 is 0. The molecule has 0 rings (SSSR count). The molecule has 20 heavy (non-hydrogen) atoms. The first-order valence-electron chi connectivity index (χ1n) is 7.59. The Morgan fingerprint density at radius 1 is 0.950 bits per heavy atom. The lowest BCUT2D eigenvalue weighted by Gasteiger charge is -2.03. The number of carbonyl (C=O) groups excluding carboxylic acids is 1. The molecule has 0 bridgehead atoms. The highest BCUT2D eigenvalue weighted by atomic mass is 16.1. The molecule has 0 spiro atoms. The standard InChI is InChI=1S/C18H29NO/c1-4-5-6-7-8-9-10-11-12-13-14-15-18(20)19-16-17(2)3/h6-9,12-15,17H,4-5,10-11,16H2,1-3H3,(H,19,20)/b7-6-,9-8-,13-12+,15-14+. The van der Waals surface area contributed by atoms with Crippen LogP contribution in [0.1, 0.15) is 46.5 Å². The van der Waals surface area contributed by atoms with Crippen molar-refractivity contribution in [3.63, 3.8) is 0 Å². The minimum absolute atomic E-state index is 0.0238. The van der Waals surface area contributed by atoms with Crippen LogP contribution in [0, 0.1) is 5.92 Å². The molecule has 0 aromatic rings. The second kappa shape index (κ2) is 13.9. The maximum Gasteiger partial charge on any atom is 0.243 e. The highest BCUT2D eigenvalue weighted by Crippen LogP contribution is 1.95. The largest absolute Gasteiger partial charge is 0.352 e. The van der Waals surface area contributed by atoms with Crippen LogP contribution in [-0.4, -0.2) is 12.5 Å². The van der Waals surface area contributed by atoms with Crippen LogP contribution in [0.4, 0.5) is 0 Å². The van der Waals surface area contributed by atoms with Gasteiger partial charge < -0.3 is 5.32 Å². The summed E-state index contributed by atoms with van der Waals surface area (Å²) in [5.41, 5.74) is 0. The monoisotopic (exact) mass is 275 g/mol. The van der Waals surface area contributed by atoms with Crippen LogP contribution in [0.5, 0.6) is 0 Å². The van der Waals surface area contributed by atoms with Gasteiger partial charge in [-0.25, -0.2) is 0 Å². The lowest BCUT2D eigenvalue weighted by Crippen LogP contribution is -2.25. The maximum atomic E-state index is 11.4. The van der Waals surface area contributed by atoms with E-state index >= 15 is 0 Å². The predicted molar refractivity (Wildman–Crippen MR) is 88.5 cm³/mol. The van der Waals surface area contributed by atoms with Gasteiger partial charge in [0.15, 0.2) is 0 Å². The normalized spacial score (nSPS) is 12.6. The molecule has 0 unspecified atom stereocenters. The smallest absolute Gasteiger partial charge is 0.243 e. The Balaban J connectivity index is 3.63. The average Bonchev–Trinajstić information content (AvgIpc) is 2.42. The molecule has 0 heterocycles. The van der Waals surface area contributed by atoms with Crippen LogP contribution in [0.25, 0.3) is 0 Å². The Hall–Kier alpha value is -1.57. The van der Waals surface area contributed by atoms with Crippen molar-refractivity contribution in [3.05, 3.63) is 48.6 Å².